The molecular weight excluding hydrogens is 422 g/mol. The number of amides is 3. The summed E-state index contributed by atoms with van der Waals surface area (Å²) >= 11 is 0. The van der Waals surface area contributed by atoms with Gasteiger partial charge in [0, 0.05) is 12.1 Å². The number of nitrogens with zero attached hydrogens (tertiary/aromatic N) is 2. The lowest BCUT2D eigenvalue weighted by Crippen LogP contribution is -2.30. The van der Waals surface area contributed by atoms with Gasteiger partial charge in [-0.1, -0.05) is 18.2 Å². The number of urea groups is 1. The van der Waals surface area contributed by atoms with Crippen molar-refractivity contribution in [1.82, 2.24) is 10.2 Å². The molecule has 166 valence electrons. The number of aliphatic carboxylic acids is 1. The van der Waals surface area contributed by atoms with Crippen LogP contribution in [0, 0.1) is 10.1 Å². The van der Waals surface area contributed by atoms with Gasteiger partial charge < -0.3 is 19.9 Å². The van der Waals surface area contributed by atoms with E-state index in [0.29, 0.717) is 11.1 Å². The molecule has 0 aliphatic carbocycles. The number of carbonyl (C=O) groups excluding carboxylic acids is 2. The number of carbonyl (C=O) groups is 3. The van der Waals surface area contributed by atoms with Crippen molar-refractivity contribution in [3.8, 4) is 11.5 Å². The quantitative estimate of drug-likeness (QED) is 0.275. The van der Waals surface area contributed by atoms with E-state index in [1.165, 1.54) is 56.5 Å². The van der Waals surface area contributed by atoms with E-state index in [1.807, 2.05) is 0 Å². The molecule has 0 aromatic heterocycles. The highest BCUT2D eigenvalue weighted by molar-refractivity contribution is 6.13. The largest absolute Gasteiger partial charge is 0.493 e. The summed E-state index contributed by atoms with van der Waals surface area (Å²) in [5.41, 5.74) is 1.01. The minimum atomic E-state index is -1.13. The predicted molar refractivity (Wildman–Crippen MR) is 111 cm³/mol. The van der Waals surface area contributed by atoms with E-state index in [4.69, 9.17) is 14.6 Å². The van der Waals surface area contributed by atoms with Gasteiger partial charge in [0.2, 0.25) is 0 Å². The summed E-state index contributed by atoms with van der Waals surface area (Å²) in [6.45, 7) is 1.33. The van der Waals surface area contributed by atoms with Crippen LogP contribution in [0.1, 0.15) is 18.1 Å². The molecule has 3 rings (SSSR count). The number of ether oxygens (including phenoxy) is 2. The van der Waals surface area contributed by atoms with Crippen molar-refractivity contribution in [1.29, 1.82) is 0 Å². The molecule has 0 spiro atoms. The Balaban J connectivity index is 1.77. The molecule has 2 aromatic carbocycles. The number of non-ortho nitro benzene ring substituents is 1. The summed E-state index contributed by atoms with van der Waals surface area (Å²) in [5.74, 6) is -1.23. The number of imide groups is 1. The minimum absolute atomic E-state index is 0.0338. The Morgan fingerprint density at radius 3 is 2.50 bits per heavy atom. The van der Waals surface area contributed by atoms with E-state index in [2.05, 4.69) is 5.32 Å². The average molecular weight is 441 g/mol. The standard InChI is InChI=1S/C21H19N3O8/c1-12(20(26)27)32-17-8-5-14(10-18(17)31-2)9-16-19(25)23(21(28)22-16)11-13-3-6-15(7-4-13)24(29)30/h3-10,12H,11H2,1-2H3,(H,22,28)(H,26,27)/b16-9-/t12-/m0/s1. The molecule has 3 amide bonds. The van der Waals surface area contributed by atoms with E-state index in [1.54, 1.807) is 6.07 Å². The summed E-state index contributed by atoms with van der Waals surface area (Å²) in [6.07, 6.45) is 0.361. The van der Waals surface area contributed by atoms with Crippen LogP contribution in [0.15, 0.2) is 48.2 Å². The number of nitro groups is 1. The first-order valence-corrected chi connectivity index (χ1v) is 9.35. The number of hydrogen-bond acceptors (Lipinski definition) is 7. The normalized spacial score (nSPS) is 15.4. The average Bonchev–Trinajstić information content (AvgIpc) is 3.02. The lowest BCUT2D eigenvalue weighted by molar-refractivity contribution is -0.384. The maximum Gasteiger partial charge on any atom is 0.344 e. The number of nitro benzene ring substituents is 1. The third-order valence-corrected chi connectivity index (χ3v) is 4.60. The van der Waals surface area contributed by atoms with Crippen LogP contribution in [0.4, 0.5) is 10.5 Å². The number of nitrogens with one attached hydrogen (secondary N) is 1. The summed E-state index contributed by atoms with van der Waals surface area (Å²) in [4.78, 5) is 47.1. The van der Waals surface area contributed by atoms with Crippen LogP contribution in [0.5, 0.6) is 11.5 Å². The zero-order valence-electron chi connectivity index (χ0n) is 17.1. The summed E-state index contributed by atoms with van der Waals surface area (Å²) < 4.78 is 10.6. The first-order chi connectivity index (χ1) is 15.2. The Morgan fingerprint density at radius 1 is 1.22 bits per heavy atom. The molecule has 1 atom stereocenters. The Kier molecular flexibility index (Phi) is 6.38. The molecule has 0 radical (unpaired) electrons. The van der Waals surface area contributed by atoms with Crippen molar-refractivity contribution >= 4 is 29.7 Å². The predicted octanol–water partition coefficient (Wildman–Crippen LogP) is 2.55. The number of methoxy groups -OCH3 is 1. The van der Waals surface area contributed by atoms with Gasteiger partial charge in [0.25, 0.3) is 11.6 Å². The Morgan fingerprint density at radius 2 is 1.91 bits per heavy atom. The van der Waals surface area contributed by atoms with Gasteiger partial charge in [0.15, 0.2) is 17.6 Å². The molecule has 0 saturated carbocycles. The number of rotatable bonds is 8. The Bertz CT molecular complexity index is 1110. The maximum absolute atomic E-state index is 12.7. The van der Waals surface area contributed by atoms with Gasteiger partial charge in [-0.15, -0.1) is 0 Å². The number of benzene rings is 2. The fourth-order valence-electron chi connectivity index (χ4n) is 2.90. The van der Waals surface area contributed by atoms with Gasteiger partial charge in [-0.05, 0) is 36.3 Å². The third-order valence-electron chi connectivity index (χ3n) is 4.60. The summed E-state index contributed by atoms with van der Waals surface area (Å²) in [5, 5.41) is 22.2. The molecule has 2 N–H and O–H groups in total. The maximum atomic E-state index is 12.7. The van der Waals surface area contributed by atoms with Crippen LogP contribution >= 0.6 is 0 Å². The molecule has 0 bridgehead atoms. The summed E-state index contributed by atoms with van der Waals surface area (Å²) in [6, 6.07) is 9.54. The molecule has 1 fully saturated rings. The molecule has 1 aliphatic rings. The molecule has 32 heavy (non-hydrogen) atoms. The van der Waals surface area contributed by atoms with E-state index in [0.717, 1.165) is 4.90 Å². The van der Waals surface area contributed by atoms with Crippen molar-refractivity contribution in [2.24, 2.45) is 0 Å². The van der Waals surface area contributed by atoms with Crippen molar-refractivity contribution < 1.29 is 33.9 Å². The molecule has 11 heteroatoms. The zero-order valence-corrected chi connectivity index (χ0v) is 17.1. The lowest BCUT2D eigenvalue weighted by atomic mass is 10.1. The van der Waals surface area contributed by atoms with Crippen LogP contribution in [-0.4, -0.2) is 46.1 Å². The molecule has 1 heterocycles. The van der Waals surface area contributed by atoms with Crippen molar-refractivity contribution in [2.45, 2.75) is 19.6 Å². The number of hydrogen-bond donors (Lipinski definition) is 2. The SMILES string of the molecule is COc1cc(/C=C2\NC(=O)N(Cc3ccc([N+](=O)[O-])cc3)C2=O)ccc1O[C@@H](C)C(=O)O. The van der Waals surface area contributed by atoms with Gasteiger partial charge in [-0.2, -0.15) is 0 Å². The monoisotopic (exact) mass is 441 g/mol. The van der Waals surface area contributed by atoms with Crippen molar-refractivity contribution in [3.63, 3.8) is 0 Å². The lowest BCUT2D eigenvalue weighted by Gasteiger charge is -2.14. The molecule has 11 nitrogen and oxygen atoms in total. The van der Waals surface area contributed by atoms with E-state index in [9.17, 15) is 24.5 Å². The Hall–Kier alpha value is -4.41. The van der Waals surface area contributed by atoms with E-state index in [-0.39, 0.29) is 29.4 Å². The first kappa shape index (κ1) is 22.3. The second kappa shape index (κ2) is 9.16. The van der Waals surface area contributed by atoms with Crippen LogP contribution in [-0.2, 0) is 16.1 Å². The zero-order chi connectivity index (χ0) is 23.4. The van der Waals surface area contributed by atoms with Gasteiger partial charge in [-0.3, -0.25) is 19.8 Å². The molecule has 2 aromatic rings. The molecular formula is C21H19N3O8. The second-order valence-corrected chi connectivity index (χ2v) is 6.81. The third kappa shape index (κ3) is 4.83. The molecule has 0 unspecified atom stereocenters. The van der Waals surface area contributed by atoms with Gasteiger partial charge >= 0.3 is 12.0 Å². The fourth-order valence-corrected chi connectivity index (χ4v) is 2.90. The summed E-state index contributed by atoms with van der Waals surface area (Å²) in [7, 11) is 1.39. The topological polar surface area (TPSA) is 148 Å². The van der Waals surface area contributed by atoms with Crippen molar-refractivity contribution in [2.75, 3.05) is 7.11 Å². The fraction of sp³-hybridized carbons (Fsp3) is 0.190. The highest BCUT2D eigenvalue weighted by Gasteiger charge is 2.33. The highest BCUT2D eigenvalue weighted by Crippen LogP contribution is 2.30. The second-order valence-electron chi connectivity index (χ2n) is 6.81. The van der Waals surface area contributed by atoms with Crippen LogP contribution < -0.4 is 14.8 Å². The molecule has 1 aliphatic heterocycles. The Labute approximate surface area is 182 Å². The van der Waals surface area contributed by atoms with E-state index >= 15 is 0 Å². The van der Waals surface area contributed by atoms with Gasteiger partial charge in [0.1, 0.15) is 5.70 Å². The van der Waals surface area contributed by atoms with Gasteiger partial charge in [-0.25, -0.2) is 9.59 Å². The minimum Gasteiger partial charge on any atom is -0.493 e. The molecule has 1 saturated heterocycles. The number of carboxylic acid groups (broad SMARTS) is 1. The van der Waals surface area contributed by atoms with E-state index < -0.39 is 28.9 Å². The van der Waals surface area contributed by atoms with Crippen LogP contribution in [0.3, 0.4) is 0 Å². The van der Waals surface area contributed by atoms with Gasteiger partial charge in [0.05, 0.1) is 18.6 Å². The van der Waals surface area contributed by atoms with Crippen molar-refractivity contribution in [3.05, 3.63) is 69.4 Å². The highest BCUT2D eigenvalue weighted by atomic mass is 16.6. The van der Waals surface area contributed by atoms with Crippen LogP contribution in [0.2, 0.25) is 0 Å². The first-order valence-electron chi connectivity index (χ1n) is 9.35. The van der Waals surface area contributed by atoms with Crippen LogP contribution in [0.25, 0.3) is 6.08 Å². The number of carboxylic acids is 1. The smallest absolute Gasteiger partial charge is 0.344 e.